The fraction of sp³-hybridized carbons (Fsp3) is 0.200. The second kappa shape index (κ2) is 6.15. The quantitative estimate of drug-likeness (QED) is 0.858. The topological polar surface area (TPSA) is 46.2 Å². The molecule has 0 aromatic heterocycles. The van der Waals surface area contributed by atoms with Gasteiger partial charge in [-0.2, -0.15) is 0 Å². The number of anilines is 1. The molecule has 3 nitrogen and oxygen atoms in total. The fourth-order valence-corrected chi connectivity index (χ4v) is 3.47. The van der Waals surface area contributed by atoms with Gasteiger partial charge in [-0.25, -0.2) is 12.8 Å². The van der Waals surface area contributed by atoms with E-state index >= 15 is 0 Å². The van der Waals surface area contributed by atoms with Crippen LogP contribution in [-0.4, -0.2) is 8.42 Å². The first kappa shape index (κ1) is 16.0. The van der Waals surface area contributed by atoms with E-state index in [4.69, 9.17) is 0 Å². The maximum absolute atomic E-state index is 13.0. The van der Waals surface area contributed by atoms with E-state index in [1.165, 1.54) is 18.2 Å². The second-order valence-electron chi connectivity index (χ2n) is 4.95. The molecule has 6 heteroatoms. The van der Waals surface area contributed by atoms with Crippen molar-refractivity contribution in [3.8, 4) is 0 Å². The summed E-state index contributed by atoms with van der Waals surface area (Å²) < 4.78 is 40.4. The molecule has 0 heterocycles. The van der Waals surface area contributed by atoms with E-state index in [1.54, 1.807) is 24.3 Å². The normalized spacial score (nSPS) is 11.7. The highest BCUT2D eigenvalue weighted by atomic mass is 79.9. The lowest BCUT2D eigenvalue weighted by Gasteiger charge is -2.11. The van der Waals surface area contributed by atoms with Crippen molar-refractivity contribution >= 4 is 31.6 Å². The summed E-state index contributed by atoms with van der Waals surface area (Å²) in [5.41, 5.74) is 1.36. The van der Waals surface area contributed by atoms with Gasteiger partial charge in [0, 0.05) is 4.47 Å². The largest absolute Gasteiger partial charge is 0.278 e. The Kier molecular flexibility index (Phi) is 4.68. The number of halogens is 2. The summed E-state index contributed by atoms with van der Waals surface area (Å²) in [4.78, 5) is 0.170. The third-order valence-electron chi connectivity index (χ3n) is 3.03. The number of benzene rings is 2. The zero-order chi connectivity index (χ0) is 15.6. The number of nitrogens with one attached hydrogen (secondary N) is 1. The summed E-state index contributed by atoms with van der Waals surface area (Å²) in [6.45, 7) is 4.08. The summed E-state index contributed by atoms with van der Waals surface area (Å²) in [6.07, 6.45) is 0. The summed E-state index contributed by atoms with van der Waals surface area (Å²) >= 11 is 3.14. The van der Waals surface area contributed by atoms with Gasteiger partial charge in [-0.15, -0.1) is 0 Å². The molecule has 21 heavy (non-hydrogen) atoms. The molecule has 0 fully saturated rings. The molecule has 0 saturated carbocycles. The van der Waals surface area contributed by atoms with Gasteiger partial charge >= 0.3 is 0 Å². The maximum Gasteiger partial charge on any atom is 0.261 e. The Hall–Kier alpha value is -1.40. The van der Waals surface area contributed by atoms with E-state index in [9.17, 15) is 12.8 Å². The lowest BCUT2D eigenvalue weighted by molar-refractivity contribution is 0.601. The molecule has 0 saturated heterocycles. The second-order valence-corrected chi connectivity index (χ2v) is 7.49. The van der Waals surface area contributed by atoms with Crippen molar-refractivity contribution in [2.24, 2.45) is 0 Å². The van der Waals surface area contributed by atoms with Gasteiger partial charge in [-0.1, -0.05) is 26.0 Å². The molecule has 112 valence electrons. The van der Waals surface area contributed by atoms with Crippen molar-refractivity contribution in [3.63, 3.8) is 0 Å². The standard InChI is InChI=1S/C15H15BrFNO2S/c1-10(2)11-3-6-13(7-4-11)21(19,20)18-15-8-5-12(17)9-14(15)16/h3-10,18H,1-2H3. The van der Waals surface area contributed by atoms with Crippen LogP contribution in [0.15, 0.2) is 51.8 Å². The smallest absolute Gasteiger partial charge is 0.261 e. The molecule has 2 rings (SSSR count). The number of sulfonamides is 1. The van der Waals surface area contributed by atoms with Crippen LogP contribution in [0.4, 0.5) is 10.1 Å². The minimum absolute atomic E-state index is 0.170. The first-order chi connectivity index (χ1) is 9.79. The van der Waals surface area contributed by atoms with Crippen molar-refractivity contribution in [1.82, 2.24) is 0 Å². The van der Waals surface area contributed by atoms with Gasteiger partial charge in [-0.05, 0) is 57.7 Å². The Balaban J connectivity index is 2.29. The minimum atomic E-state index is -3.69. The molecule has 1 N–H and O–H groups in total. The Labute approximate surface area is 132 Å². The van der Waals surface area contributed by atoms with Gasteiger partial charge in [0.05, 0.1) is 10.6 Å². The lowest BCUT2D eigenvalue weighted by atomic mass is 10.0. The SMILES string of the molecule is CC(C)c1ccc(S(=O)(=O)Nc2ccc(F)cc2Br)cc1. The number of hydrogen-bond acceptors (Lipinski definition) is 2. The van der Waals surface area contributed by atoms with Crippen LogP contribution < -0.4 is 4.72 Å². The molecule has 0 amide bonds. The van der Waals surface area contributed by atoms with Crippen LogP contribution in [0.1, 0.15) is 25.3 Å². The Morgan fingerprint density at radius 3 is 2.24 bits per heavy atom. The Morgan fingerprint density at radius 1 is 1.10 bits per heavy atom. The summed E-state index contributed by atoms with van der Waals surface area (Å²) in [5, 5.41) is 0. The van der Waals surface area contributed by atoms with Crippen molar-refractivity contribution in [3.05, 3.63) is 58.3 Å². The maximum atomic E-state index is 13.0. The highest BCUT2D eigenvalue weighted by Crippen LogP contribution is 2.26. The van der Waals surface area contributed by atoms with E-state index in [0.29, 0.717) is 16.1 Å². The molecule has 0 atom stereocenters. The fourth-order valence-electron chi connectivity index (χ4n) is 1.81. The minimum Gasteiger partial charge on any atom is -0.278 e. The summed E-state index contributed by atoms with van der Waals surface area (Å²) in [7, 11) is -3.69. The first-order valence-electron chi connectivity index (χ1n) is 6.37. The van der Waals surface area contributed by atoms with Gasteiger partial charge < -0.3 is 0 Å². The van der Waals surface area contributed by atoms with Crippen LogP contribution in [0.25, 0.3) is 0 Å². The highest BCUT2D eigenvalue weighted by Gasteiger charge is 2.16. The summed E-state index contributed by atoms with van der Waals surface area (Å²) in [6, 6.07) is 10.5. The van der Waals surface area contributed by atoms with Crippen LogP contribution >= 0.6 is 15.9 Å². The van der Waals surface area contributed by atoms with Gasteiger partial charge in [0.2, 0.25) is 0 Å². The van der Waals surface area contributed by atoms with Crippen LogP contribution in [0.3, 0.4) is 0 Å². The van der Waals surface area contributed by atoms with E-state index in [-0.39, 0.29) is 4.90 Å². The van der Waals surface area contributed by atoms with Crippen LogP contribution in [0, 0.1) is 5.82 Å². The first-order valence-corrected chi connectivity index (χ1v) is 8.65. The molecule has 0 bridgehead atoms. The zero-order valence-corrected chi connectivity index (χ0v) is 14.0. The molecule has 2 aromatic carbocycles. The predicted octanol–water partition coefficient (Wildman–Crippen LogP) is 4.51. The Morgan fingerprint density at radius 2 is 1.71 bits per heavy atom. The molecule has 0 aliphatic rings. The predicted molar refractivity (Wildman–Crippen MR) is 85.4 cm³/mol. The van der Waals surface area contributed by atoms with E-state index in [0.717, 1.165) is 5.56 Å². The van der Waals surface area contributed by atoms with Gasteiger partial charge in [0.15, 0.2) is 0 Å². The van der Waals surface area contributed by atoms with Crippen LogP contribution in [-0.2, 0) is 10.0 Å². The molecule has 0 aliphatic carbocycles. The highest BCUT2D eigenvalue weighted by molar-refractivity contribution is 9.10. The van der Waals surface area contributed by atoms with E-state index in [1.807, 2.05) is 13.8 Å². The van der Waals surface area contributed by atoms with Crippen LogP contribution in [0.2, 0.25) is 0 Å². The van der Waals surface area contributed by atoms with Gasteiger partial charge in [0.1, 0.15) is 5.82 Å². The zero-order valence-electron chi connectivity index (χ0n) is 11.6. The van der Waals surface area contributed by atoms with Gasteiger partial charge in [-0.3, -0.25) is 4.72 Å². The monoisotopic (exact) mass is 371 g/mol. The Bertz CT molecular complexity index is 743. The molecular weight excluding hydrogens is 357 g/mol. The average molecular weight is 372 g/mol. The molecular formula is C15H15BrFNO2S. The lowest BCUT2D eigenvalue weighted by Crippen LogP contribution is -2.13. The molecule has 0 unspecified atom stereocenters. The van der Waals surface area contributed by atoms with Crippen molar-refractivity contribution in [2.75, 3.05) is 4.72 Å². The molecule has 2 aromatic rings. The number of hydrogen-bond donors (Lipinski definition) is 1. The third kappa shape index (κ3) is 3.83. The van der Waals surface area contributed by atoms with Crippen molar-refractivity contribution < 1.29 is 12.8 Å². The molecule has 0 radical (unpaired) electrons. The average Bonchev–Trinajstić information content (AvgIpc) is 2.42. The van der Waals surface area contributed by atoms with E-state index in [2.05, 4.69) is 20.7 Å². The van der Waals surface area contributed by atoms with Gasteiger partial charge in [0.25, 0.3) is 10.0 Å². The third-order valence-corrected chi connectivity index (χ3v) is 5.07. The summed E-state index contributed by atoms with van der Waals surface area (Å²) in [5.74, 6) is -0.105. The van der Waals surface area contributed by atoms with Crippen LogP contribution in [0.5, 0.6) is 0 Å². The van der Waals surface area contributed by atoms with E-state index < -0.39 is 15.8 Å². The molecule has 0 spiro atoms. The molecule has 0 aliphatic heterocycles. The van der Waals surface area contributed by atoms with Crippen molar-refractivity contribution in [2.45, 2.75) is 24.7 Å². The number of rotatable bonds is 4. The van der Waals surface area contributed by atoms with Crippen molar-refractivity contribution in [1.29, 1.82) is 0 Å².